The minimum atomic E-state index is -4.18. The van der Waals surface area contributed by atoms with Gasteiger partial charge >= 0.3 is 12.1 Å². The molecule has 0 saturated heterocycles. The van der Waals surface area contributed by atoms with Gasteiger partial charge in [0.1, 0.15) is 0 Å². The molecule has 0 atom stereocenters. The van der Waals surface area contributed by atoms with Crippen LogP contribution in [0.25, 0.3) is 0 Å². The number of alkyl halides is 3. The zero-order chi connectivity index (χ0) is 11.5. The van der Waals surface area contributed by atoms with Gasteiger partial charge in [0.15, 0.2) is 5.69 Å². The van der Waals surface area contributed by atoms with Crippen LogP contribution >= 0.6 is 0 Å². The summed E-state index contributed by atoms with van der Waals surface area (Å²) in [5.41, 5.74) is -0.165. The third-order valence-electron chi connectivity index (χ3n) is 1.71. The molecule has 0 unspecified atom stereocenters. The maximum absolute atomic E-state index is 11.8. The van der Waals surface area contributed by atoms with Crippen molar-refractivity contribution < 1.29 is 23.1 Å². The van der Waals surface area contributed by atoms with E-state index in [1.165, 1.54) is 16.9 Å². The Labute approximate surface area is 83.3 Å². The van der Waals surface area contributed by atoms with Crippen LogP contribution in [-0.4, -0.2) is 27.0 Å². The maximum atomic E-state index is 11.8. The molecule has 0 spiro atoms. The lowest BCUT2D eigenvalue weighted by Gasteiger charge is -2.05. The van der Waals surface area contributed by atoms with Gasteiger partial charge in [-0.2, -0.15) is 18.3 Å². The Kier molecular flexibility index (Phi) is 3.33. The van der Waals surface area contributed by atoms with Crippen LogP contribution in [0.15, 0.2) is 12.3 Å². The zero-order valence-corrected chi connectivity index (χ0v) is 7.66. The molecule has 7 heteroatoms. The van der Waals surface area contributed by atoms with Gasteiger partial charge in [-0.25, -0.2) is 4.79 Å². The summed E-state index contributed by atoms with van der Waals surface area (Å²) in [7, 11) is 0. The second-order valence-electron chi connectivity index (χ2n) is 2.99. The Balaban J connectivity index is 2.41. The number of carbonyl (C=O) groups is 1. The molecule has 0 aromatic carbocycles. The first-order chi connectivity index (χ1) is 6.88. The topological polar surface area (TPSA) is 55.1 Å². The van der Waals surface area contributed by atoms with Crippen molar-refractivity contribution in [1.82, 2.24) is 9.78 Å². The van der Waals surface area contributed by atoms with Crippen molar-refractivity contribution in [1.29, 1.82) is 0 Å². The van der Waals surface area contributed by atoms with E-state index < -0.39 is 18.6 Å². The number of hydrogen-bond donors (Lipinski definition) is 1. The average molecular weight is 222 g/mol. The van der Waals surface area contributed by atoms with Crippen molar-refractivity contribution in [2.45, 2.75) is 25.6 Å². The normalized spacial score (nSPS) is 11.7. The van der Waals surface area contributed by atoms with Crippen molar-refractivity contribution in [3.05, 3.63) is 18.0 Å². The first kappa shape index (κ1) is 11.5. The number of nitrogens with zero attached hydrogens (tertiary/aromatic N) is 2. The van der Waals surface area contributed by atoms with Crippen LogP contribution in [0, 0.1) is 0 Å². The van der Waals surface area contributed by atoms with Gasteiger partial charge in [0, 0.05) is 19.2 Å². The van der Waals surface area contributed by atoms with E-state index in [4.69, 9.17) is 5.11 Å². The third kappa shape index (κ3) is 4.01. The van der Waals surface area contributed by atoms with Gasteiger partial charge in [-0.3, -0.25) is 4.68 Å². The zero-order valence-electron chi connectivity index (χ0n) is 7.66. The maximum Gasteiger partial charge on any atom is 0.389 e. The fourth-order valence-electron chi connectivity index (χ4n) is 1.04. The lowest BCUT2D eigenvalue weighted by atomic mass is 10.3. The largest absolute Gasteiger partial charge is 0.476 e. The highest BCUT2D eigenvalue weighted by molar-refractivity contribution is 5.84. The summed E-state index contributed by atoms with van der Waals surface area (Å²) < 4.78 is 36.5. The van der Waals surface area contributed by atoms with Gasteiger partial charge < -0.3 is 5.11 Å². The molecule has 1 aromatic rings. The molecule has 0 saturated carbocycles. The first-order valence-electron chi connectivity index (χ1n) is 4.22. The minimum absolute atomic E-state index is 0.0623. The van der Waals surface area contributed by atoms with Crippen molar-refractivity contribution in [3.8, 4) is 0 Å². The molecule has 1 rings (SSSR count). The molecule has 84 valence electrons. The molecule has 0 radical (unpaired) electrons. The Hall–Kier alpha value is -1.53. The number of aryl methyl sites for hydroxylation is 1. The van der Waals surface area contributed by atoms with Gasteiger partial charge in [0.25, 0.3) is 0 Å². The van der Waals surface area contributed by atoms with Crippen LogP contribution in [0.5, 0.6) is 0 Å². The monoisotopic (exact) mass is 222 g/mol. The van der Waals surface area contributed by atoms with Gasteiger partial charge in [-0.05, 0) is 12.5 Å². The Bertz CT molecular complexity index is 346. The van der Waals surface area contributed by atoms with Gasteiger partial charge in [0.2, 0.25) is 0 Å². The van der Waals surface area contributed by atoms with Crippen LogP contribution in [-0.2, 0) is 6.54 Å². The van der Waals surface area contributed by atoms with Crippen molar-refractivity contribution in [2.75, 3.05) is 0 Å². The molecule has 0 amide bonds. The van der Waals surface area contributed by atoms with Crippen molar-refractivity contribution in [3.63, 3.8) is 0 Å². The number of rotatable bonds is 4. The van der Waals surface area contributed by atoms with Gasteiger partial charge in [-0.1, -0.05) is 0 Å². The van der Waals surface area contributed by atoms with E-state index in [1.807, 2.05) is 0 Å². The lowest BCUT2D eigenvalue weighted by molar-refractivity contribution is -0.136. The number of hydrogen-bond acceptors (Lipinski definition) is 2. The Morgan fingerprint density at radius 1 is 1.53 bits per heavy atom. The van der Waals surface area contributed by atoms with Crippen LogP contribution in [0.2, 0.25) is 0 Å². The molecule has 0 aliphatic rings. The van der Waals surface area contributed by atoms with Crippen LogP contribution in [0.4, 0.5) is 13.2 Å². The summed E-state index contributed by atoms with van der Waals surface area (Å²) in [6, 6.07) is 1.25. The number of aromatic nitrogens is 2. The van der Waals surface area contributed by atoms with E-state index in [0.29, 0.717) is 0 Å². The summed E-state index contributed by atoms with van der Waals surface area (Å²) in [4.78, 5) is 10.4. The summed E-state index contributed by atoms with van der Waals surface area (Å²) in [5, 5.41) is 12.1. The summed E-state index contributed by atoms with van der Waals surface area (Å²) in [5.74, 6) is -1.19. The standard InChI is InChI=1S/C8H9F3N2O2/c9-8(10,11)3-1-4-13-5-2-6(12-13)7(14)15/h2,5H,1,3-4H2,(H,14,15). The molecular weight excluding hydrogens is 213 g/mol. The predicted molar refractivity (Wildman–Crippen MR) is 44.5 cm³/mol. The van der Waals surface area contributed by atoms with Crippen LogP contribution < -0.4 is 0 Å². The van der Waals surface area contributed by atoms with Crippen molar-refractivity contribution in [2.24, 2.45) is 0 Å². The van der Waals surface area contributed by atoms with Crippen molar-refractivity contribution >= 4 is 5.97 Å². The SMILES string of the molecule is O=C(O)c1ccn(CCCC(F)(F)F)n1. The predicted octanol–water partition coefficient (Wildman–Crippen LogP) is 1.92. The fraction of sp³-hybridized carbons (Fsp3) is 0.500. The molecule has 0 bridgehead atoms. The van der Waals surface area contributed by atoms with E-state index >= 15 is 0 Å². The smallest absolute Gasteiger partial charge is 0.389 e. The molecule has 1 N–H and O–H groups in total. The first-order valence-corrected chi connectivity index (χ1v) is 4.22. The quantitative estimate of drug-likeness (QED) is 0.846. The van der Waals surface area contributed by atoms with E-state index in [2.05, 4.69) is 5.10 Å². The molecule has 4 nitrogen and oxygen atoms in total. The van der Waals surface area contributed by atoms with E-state index in [0.717, 1.165) is 0 Å². The number of aromatic carboxylic acids is 1. The van der Waals surface area contributed by atoms with Crippen LogP contribution in [0.3, 0.4) is 0 Å². The van der Waals surface area contributed by atoms with Gasteiger partial charge in [-0.15, -0.1) is 0 Å². The molecule has 1 aromatic heterocycles. The number of halogens is 3. The number of carboxylic acid groups (broad SMARTS) is 1. The lowest BCUT2D eigenvalue weighted by Crippen LogP contribution is -2.10. The second kappa shape index (κ2) is 4.33. The Morgan fingerprint density at radius 3 is 2.67 bits per heavy atom. The summed E-state index contributed by atoms with van der Waals surface area (Å²) in [6.07, 6.45) is -3.83. The molecular formula is C8H9F3N2O2. The van der Waals surface area contributed by atoms with E-state index in [9.17, 15) is 18.0 Å². The fourth-order valence-corrected chi connectivity index (χ4v) is 1.04. The summed E-state index contributed by atoms with van der Waals surface area (Å²) >= 11 is 0. The Morgan fingerprint density at radius 2 is 2.20 bits per heavy atom. The second-order valence-corrected chi connectivity index (χ2v) is 2.99. The highest BCUT2D eigenvalue weighted by atomic mass is 19.4. The molecule has 0 aliphatic carbocycles. The third-order valence-corrected chi connectivity index (χ3v) is 1.71. The van der Waals surface area contributed by atoms with E-state index in [1.54, 1.807) is 0 Å². The summed E-state index contributed by atoms with van der Waals surface area (Å²) in [6.45, 7) is 0.0623. The molecule has 15 heavy (non-hydrogen) atoms. The average Bonchev–Trinajstić information content (AvgIpc) is 2.50. The molecule has 0 fully saturated rings. The molecule has 0 aliphatic heterocycles. The van der Waals surface area contributed by atoms with Gasteiger partial charge in [0.05, 0.1) is 0 Å². The highest BCUT2D eigenvalue weighted by Crippen LogP contribution is 2.21. The van der Waals surface area contributed by atoms with Crippen LogP contribution in [0.1, 0.15) is 23.3 Å². The molecule has 1 heterocycles. The minimum Gasteiger partial charge on any atom is -0.476 e. The van der Waals surface area contributed by atoms with E-state index in [-0.39, 0.29) is 18.7 Å². The number of carboxylic acids is 1. The highest BCUT2D eigenvalue weighted by Gasteiger charge is 2.26.